The van der Waals surface area contributed by atoms with Crippen molar-refractivity contribution in [2.75, 3.05) is 25.6 Å². The van der Waals surface area contributed by atoms with Gasteiger partial charge < -0.3 is 20.0 Å². The van der Waals surface area contributed by atoms with E-state index in [1.54, 1.807) is 12.5 Å². The zero-order valence-electron chi connectivity index (χ0n) is 20.2. The quantitative estimate of drug-likeness (QED) is 0.102. The van der Waals surface area contributed by atoms with Gasteiger partial charge in [-0.2, -0.15) is 0 Å². The number of oxime groups is 1. The fraction of sp³-hybridized carbons (Fsp3) is 0.179. The Labute approximate surface area is 226 Å². The van der Waals surface area contributed by atoms with Gasteiger partial charge in [0.15, 0.2) is 5.13 Å². The molecule has 0 radical (unpaired) electrons. The van der Waals surface area contributed by atoms with Crippen LogP contribution in [0.2, 0.25) is 0 Å². The van der Waals surface area contributed by atoms with Crippen molar-refractivity contribution in [3.8, 4) is 0 Å². The average molecular weight is 538 g/mol. The van der Waals surface area contributed by atoms with Gasteiger partial charge >= 0.3 is 5.97 Å². The maximum atomic E-state index is 11.9. The lowest BCUT2D eigenvalue weighted by atomic mass is 9.77. The van der Waals surface area contributed by atoms with Crippen molar-refractivity contribution in [1.29, 1.82) is 0 Å². The number of methoxy groups -OCH3 is 1. The van der Waals surface area contributed by atoms with Gasteiger partial charge in [0, 0.05) is 25.5 Å². The molecule has 0 spiro atoms. The van der Waals surface area contributed by atoms with Crippen molar-refractivity contribution in [3.05, 3.63) is 119 Å². The maximum Gasteiger partial charge on any atom is 0.360 e. The van der Waals surface area contributed by atoms with Crippen LogP contribution in [0.3, 0.4) is 0 Å². The molecule has 0 saturated heterocycles. The Morgan fingerprint density at radius 2 is 1.43 bits per heavy atom. The zero-order chi connectivity index (χ0) is 25.2. The molecule has 192 valence electrons. The minimum Gasteiger partial charge on any atom is -0.476 e. The third kappa shape index (κ3) is 6.54. The summed E-state index contributed by atoms with van der Waals surface area (Å²) in [5.41, 5.74) is 2.27. The number of hydrogen-bond donors (Lipinski definition) is 2. The number of rotatable bonds is 12. The number of halogens is 1. The van der Waals surface area contributed by atoms with Crippen LogP contribution < -0.4 is 5.32 Å². The van der Waals surface area contributed by atoms with E-state index in [1.165, 1.54) is 11.3 Å². The van der Waals surface area contributed by atoms with Crippen molar-refractivity contribution in [3.63, 3.8) is 0 Å². The number of nitrogens with zero attached hydrogens (tertiary/aromatic N) is 2. The molecule has 0 bridgehead atoms. The molecule has 3 aromatic carbocycles. The molecular weight excluding hydrogens is 510 g/mol. The van der Waals surface area contributed by atoms with Crippen molar-refractivity contribution in [2.24, 2.45) is 5.16 Å². The number of thiazole rings is 1. The molecular formula is C28H28ClN3O4S. The molecule has 0 saturated carbocycles. The first kappa shape index (κ1) is 27.9. The summed E-state index contributed by atoms with van der Waals surface area (Å²) in [4.78, 5) is 21.7. The second-order valence-corrected chi connectivity index (χ2v) is 8.79. The molecule has 0 fully saturated rings. The molecule has 0 atom stereocenters. The number of aromatic nitrogens is 1. The monoisotopic (exact) mass is 537 g/mol. The molecule has 0 aliphatic rings. The fourth-order valence-corrected chi connectivity index (χ4v) is 4.71. The highest BCUT2D eigenvalue weighted by atomic mass is 35.5. The molecule has 9 heteroatoms. The summed E-state index contributed by atoms with van der Waals surface area (Å²) < 4.78 is 4.98. The summed E-state index contributed by atoms with van der Waals surface area (Å²) >= 11 is 1.31. The van der Waals surface area contributed by atoms with Gasteiger partial charge in [0.1, 0.15) is 17.8 Å². The van der Waals surface area contributed by atoms with E-state index in [2.05, 4.69) is 51.9 Å². The van der Waals surface area contributed by atoms with Gasteiger partial charge in [-0.25, -0.2) is 9.78 Å². The van der Waals surface area contributed by atoms with Crippen LogP contribution in [0.5, 0.6) is 0 Å². The number of carboxylic acid groups (broad SMARTS) is 1. The first-order valence-electron chi connectivity index (χ1n) is 11.5. The highest BCUT2D eigenvalue weighted by molar-refractivity contribution is 7.14. The van der Waals surface area contributed by atoms with Gasteiger partial charge in [-0.15, -0.1) is 23.7 Å². The highest BCUT2D eigenvalue weighted by Gasteiger charge is 2.37. The summed E-state index contributed by atoms with van der Waals surface area (Å²) in [5.74, 6) is -1.21. The van der Waals surface area contributed by atoms with E-state index in [0.29, 0.717) is 18.2 Å². The Kier molecular flexibility index (Phi) is 10.2. The summed E-state index contributed by atoms with van der Waals surface area (Å²) in [6, 6.07) is 30.4. The van der Waals surface area contributed by atoms with Gasteiger partial charge in [0.25, 0.3) is 0 Å². The molecule has 7 nitrogen and oxygen atoms in total. The number of aliphatic carboxylic acids is 1. The summed E-state index contributed by atoms with van der Waals surface area (Å²) in [7, 11) is 1.59. The number of hydrogen-bond acceptors (Lipinski definition) is 7. The van der Waals surface area contributed by atoms with E-state index in [4.69, 9.17) is 9.57 Å². The number of nitrogens with one attached hydrogen (secondary N) is 1. The molecule has 0 aliphatic heterocycles. The van der Waals surface area contributed by atoms with Crippen LogP contribution in [0.1, 0.15) is 28.8 Å². The van der Waals surface area contributed by atoms with E-state index in [0.717, 1.165) is 16.7 Å². The van der Waals surface area contributed by atoms with Gasteiger partial charge in [-0.1, -0.05) is 96.2 Å². The predicted octanol–water partition coefficient (Wildman–Crippen LogP) is 5.81. The molecule has 4 rings (SSSR count). The second kappa shape index (κ2) is 13.5. The van der Waals surface area contributed by atoms with Crippen molar-refractivity contribution >= 4 is 40.6 Å². The van der Waals surface area contributed by atoms with E-state index in [1.807, 2.05) is 54.6 Å². The molecule has 37 heavy (non-hydrogen) atoms. The Balaban J connectivity index is 0.00000380. The first-order valence-corrected chi connectivity index (χ1v) is 12.4. The van der Waals surface area contributed by atoms with Crippen molar-refractivity contribution in [2.45, 2.75) is 12.0 Å². The van der Waals surface area contributed by atoms with E-state index < -0.39 is 11.5 Å². The summed E-state index contributed by atoms with van der Waals surface area (Å²) in [6.45, 7) is 0.752. The summed E-state index contributed by atoms with van der Waals surface area (Å²) in [5, 5.41) is 19.4. The lowest BCUT2D eigenvalue weighted by Crippen LogP contribution is -2.38. The number of ether oxygens (including phenoxy) is 1. The number of benzene rings is 3. The standard InChI is InChI=1S/C28H27N3O4S.ClH/c1-34-18-11-19-35-31-25(26(32)33)24-20-36-27(29-24)30-28(21-12-5-2-6-13-21,22-14-7-3-8-15-22)23-16-9-4-10-17-23;/h2-10,12-17,20H,11,18-19H2,1H3,(H,29,30)(H,32,33);1H. The van der Waals surface area contributed by atoms with E-state index in [-0.39, 0.29) is 30.4 Å². The van der Waals surface area contributed by atoms with Crippen LogP contribution in [0.15, 0.2) is 102 Å². The Morgan fingerprint density at radius 1 is 0.919 bits per heavy atom. The largest absolute Gasteiger partial charge is 0.476 e. The summed E-state index contributed by atoms with van der Waals surface area (Å²) in [6.07, 6.45) is 0.602. The van der Waals surface area contributed by atoms with Crippen LogP contribution in [0.4, 0.5) is 5.13 Å². The van der Waals surface area contributed by atoms with Crippen LogP contribution in [0.25, 0.3) is 0 Å². The van der Waals surface area contributed by atoms with Crippen LogP contribution in [-0.4, -0.2) is 42.1 Å². The maximum absolute atomic E-state index is 11.9. The highest BCUT2D eigenvalue weighted by Crippen LogP contribution is 2.40. The van der Waals surface area contributed by atoms with E-state index >= 15 is 0 Å². The molecule has 0 amide bonds. The van der Waals surface area contributed by atoms with Crippen molar-refractivity contribution < 1.29 is 19.5 Å². The van der Waals surface area contributed by atoms with Crippen molar-refractivity contribution in [1.82, 2.24) is 4.98 Å². The lowest BCUT2D eigenvalue weighted by molar-refractivity contribution is -0.129. The van der Waals surface area contributed by atoms with Gasteiger partial charge in [0.05, 0.1) is 0 Å². The topological polar surface area (TPSA) is 93.0 Å². The number of anilines is 1. The predicted molar refractivity (Wildman–Crippen MR) is 149 cm³/mol. The van der Waals surface area contributed by atoms with Gasteiger partial charge in [0.2, 0.25) is 5.71 Å². The minimum atomic E-state index is -1.21. The molecule has 1 aromatic heterocycles. The van der Waals surface area contributed by atoms with Gasteiger partial charge in [-0.05, 0) is 16.7 Å². The van der Waals surface area contributed by atoms with Gasteiger partial charge in [-0.3, -0.25) is 0 Å². The number of carbonyl (C=O) groups is 1. The average Bonchev–Trinajstić information content (AvgIpc) is 3.38. The number of carboxylic acids is 1. The smallest absolute Gasteiger partial charge is 0.360 e. The third-order valence-corrected chi connectivity index (χ3v) is 6.36. The van der Waals surface area contributed by atoms with Crippen LogP contribution in [0, 0.1) is 0 Å². The Bertz CT molecular complexity index is 1190. The van der Waals surface area contributed by atoms with Crippen LogP contribution >= 0.6 is 23.7 Å². The molecule has 0 unspecified atom stereocenters. The van der Waals surface area contributed by atoms with Crippen LogP contribution in [-0.2, 0) is 19.9 Å². The zero-order valence-corrected chi connectivity index (χ0v) is 21.9. The lowest BCUT2D eigenvalue weighted by Gasteiger charge is -2.36. The molecule has 1 heterocycles. The second-order valence-electron chi connectivity index (χ2n) is 7.94. The Morgan fingerprint density at radius 3 is 1.89 bits per heavy atom. The van der Waals surface area contributed by atoms with E-state index in [9.17, 15) is 9.90 Å². The normalized spacial score (nSPS) is 11.4. The molecule has 4 aromatic rings. The Hall–Kier alpha value is -3.72. The first-order chi connectivity index (χ1) is 17.6. The molecule has 2 N–H and O–H groups in total. The minimum absolute atomic E-state index is 0. The fourth-order valence-electron chi connectivity index (χ4n) is 3.95. The SMILES string of the molecule is COCCCON=C(C(=O)O)c1csc(NC(c2ccccc2)(c2ccccc2)c2ccccc2)n1.Cl. The third-order valence-electron chi connectivity index (χ3n) is 5.60. The molecule has 0 aliphatic carbocycles.